The Bertz CT molecular complexity index is 790. The number of anilines is 3. The third kappa shape index (κ3) is 2.31. The molecule has 0 bridgehead atoms. The second-order valence-electron chi connectivity index (χ2n) is 5.41. The van der Waals surface area contributed by atoms with Crippen molar-refractivity contribution in [2.75, 3.05) is 17.2 Å². The summed E-state index contributed by atoms with van der Waals surface area (Å²) in [6.45, 7) is 1.07. The Kier molecular flexibility index (Phi) is 2.96. The number of hydrogen-bond donors (Lipinski definition) is 2. The van der Waals surface area contributed by atoms with E-state index in [4.69, 9.17) is 0 Å². The smallest absolute Gasteiger partial charge is 0.138 e. The highest BCUT2D eigenvalue weighted by Crippen LogP contribution is 2.28. The van der Waals surface area contributed by atoms with Crippen molar-refractivity contribution < 1.29 is 0 Å². The summed E-state index contributed by atoms with van der Waals surface area (Å²) >= 11 is 0. The van der Waals surface area contributed by atoms with Crippen LogP contribution in [0.3, 0.4) is 0 Å². The molecule has 0 fully saturated rings. The number of nitrogens with one attached hydrogen (secondary N) is 2. The summed E-state index contributed by atoms with van der Waals surface area (Å²) in [5.74, 6) is 0.914. The van der Waals surface area contributed by atoms with Gasteiger partial charge >= 0.3 is 0 Å². The first-order valence-electron chi connectivity index (χ1n) is 7.38. The van der Waals surface area contributed by atoms with Crippen molar-refractivity contribution in [1.82, 2.24) is 4.98 Å². The van der Waals surface area contributed by atoms with E-state index in [0.29, 0.717) is 0 Å². The van der Waals surface area contributed by atoms with Crippen LogP contribution in [0.1, 0.15) is 12.0 Å². The van der Waals surface area contributed by atoms with E-state index >= 15 is 0 Å². The fourth-order valence-electron chi connectivity index (χ4n) is 2.91. The fraction of sp³-hybridized carbons (Fsp3) is 0.167. The van der Waals surface area contributed by atoms with Gasteiger partial charge < -0.3 is 10.6 Å². The Hall–Kier alpha value is -2.55. The molecule has 0 saturated heterocycles. The summed E-state index contributed by atoms with van der Waals surface area (Å²) in [7, 11) is 0. The molecule has 0 spiro atoms. The number of nitrogens with zero attached hydrogens (tertiary/aromatic N) is 1. The van der Waals surface area contributed by atoms with E-state index in [0.717, 1.165) is 29.9 Å². The van der Waals surface area contributed by atoms with Gasteiger partial charge in [0.15, 0.2) is 0 Å². The van der Waals surface area contributed by atoms with E-state index in [1.807, 2.05) is 18.3 Å². The second kappa shape index (κ2) is 5.09. The number of hydrogen-bond acceptors (Lipinski definition) is 3. The average Bonchev–Trinajstić information content (AvgIpc) is 2.55. The number of aromatic nitrogens is 1. The van der Waals surface area contributed by atoms with Gasteiger partial charge in [-0.15, -0.1) is 0 Å². The van der Waals surface area contributed by atoms with Crippen molar-refractivity contribution >= 4 is 28.0 Å². The van der Waals surface area contributed by atoms with E-state index in [1.165, 1.54) is 23.1 Å². The second-order valence-corrected chi connectivity index (χ2v) is 5.41. The summed E-state index contributed by atoms with van der Waals surface area (Å²) in [5.41, 5.74) is 3.74. The lowest BCUT2D eigenvalue weighted by molar-refractivity contribution is 0.830. The molecule has 0 radical (unpaired) electrons. The van der Waals surface area contributed by atoms with Gasteiger partial charge in [-0.3, -0.25) is 0 Å². The van der Waals surface area contributed by atoms with E-state index in [-0.39, 0.29) is 0 Å². The molecule has 3 aromatic rings. The lowest BCUT2D eigenvalue weighted by Gasteiger charge is -2.19. The Morgan fingerprint density at radius 1 is 1.05 bits per heavy atom. The molecule has 3 nitrogen and oxygen atoms in total. The van der Waals surface area contributed by atoms with Crippen molar-refractivity contribution in [3.05, 3.63) is 60.3 Å². The molecule has 0 unspecified atom stereocenters. The molecule has 0 saturated carbocycles. The van der Waals surface area contributed by atoms with Gasteiger partial charge in [0.2, 0.25) is 0 Å². The molecule has 2 N–H and O–H groups in total. The Morgan fingerprint density at radius 3 is 3.00 bits per heavy atom. The van der Waals surface area contributed by atoms with E-state index in [2.05, 4.69) is 52.0 Å². The summed E-state index contributed by atoms with van der Waals surface area (Å²) < 4.78 is 0. The number of aryl methyl sites for hydroxylation is 1. The van der Waals surface area contributed by atoms with Crippen LogP contribution in [-0.4, -0.2) is 11.5 Å². The highest BCUT2D eigenvalue weighted by Gasteiger charge is 2.09. The van der Waals surface area contributed by atoms with E-state index in [9.17, 15) is 0 Å². The highest BCUT2D eigenvalue weighted by molar-refractivity contribution is 5.93. The van der Waals surface area contributed by atoms with Gasteiger partial charge in [-0.05, 0) is 48.1 Å². The first kappa shape index (κ1) is 12.2. The summed E-state index contributed by atoms with van der Waals surface area (Å²) in [6, 6.07) is 16.8. The van der Waals surface area contributed by atoms with Crippen LogP contribution in [0.15, 0.2) is 54.7 Å². The predicted molar refractivity (Wildman–Crippen MR) is 88.3 cm³/mol. The number of benzene rings is 2. The molecule has 4 rings (SSSR count). The molecular formula is C18H17N3. The summed E-state index contributed by atoms with van der Waals surface area (Å²) in [5, 5.41) is 9.25. The van der Waals surface area contributed by atoms with Gasteiger partial charge in [0.1, 0.15) is 5.82 Å². The van der Waals surface area contributed by atoms with Crippen molar-refractivity contribution in [2.45, 2.75) is 12.8 Å². The van der Waals surface area contributed by atoms with E-state index < -0.39 is 0 Å². The van der Waals surface area contributed by atoms with Gasteiger partial charge in [-0.25, -0.2) is 4.98 Å². The van der Waals surface area contributed by atoms with Crippen LogP contribution in [0, 0.1) is 0 Å². The van der Waals surface area contributed by atoms with Gasteiger partial charge in [0, 0.05) is 29.5 Å². The van der Waals surface area contributed by atoms with Crippen LogP contribution in [-0.2, 0) is 6.42 Å². The average molecular weight is 275 g/mol. The zero-order valence-electron chi connectivity index (χ0n) is 11.8. The van der Waals surface area contributed by atoms with Crippen LogP contribution < -0.4 is 10.6 Å². The molecule has 0 amide bonds. The minimum atomic E-state index is 0.914. The van der Waals surface area contributed by atoms with Gasteiger partial charge in [-0.1, -0.05) is 24.3 Å². The van der Waals surface area contributed by atoms with Gasteiger partial charge in [-0.2, -0.15) is 0 Å². The SMILES string of the molecule is c1ccc2c(Nc3ccc4c(c3)CCCN4)nccc2c1. The van der Waals surface area contributed by atoms with Crippen molar-refractivity contribution in [1.29, 1.82) is 0 Å². The topological polar surface area (TPSA) is 37.0 Å². The summed E-state index contributed by atoms with van der Waals surface area (Å²) in [6.07, 6.45) is 4.19. The Balaban J connectivity index is 1.71. The largest absolute Gasteiger partial charge is 0.385 e. The molecule has 1 aliphatic heterocycles. The standard InChI is InChI=1S/C18H17N3/c1-2-6-16-13(4-1)9-11-20-18(16)21-15-7-8-17-14(12-15)5-3-10-19-17/h1-2,4,6-9,11-12,19H,3,5,10H2,(H,20,21). The molecule has 1 aromatic heterocycles. The lowest BCUT2D eigenvalue weighted by atomic mass is 10.0. The number of fused-ring (bicyclic) bond motifs is 2. The van der Waals surface area contributed by atoms with Crippen molar-refractivity contribution in [3.63, 3.8) is 0 Å². The minimum absolute atomic E-state index is 0.914. The molecule has 21 heavy (non-hydrogen) atoms. The maximum absolute atomic E-state index is 4.49. The van der Waals surface area contributed by atoms with Gasteiger partial charge in [0.05, 0.1) is 0 Å². The first-order valence-corrected chi connectivity index (χ1v) is 7.38. The number of pyridine rings is 1. The van der Waals surface area contributed by atoms with Crippen LogP contribution in [0.4, 0.5) is 17.2 Å². The quantitative estimate of drug-likeness (QED) is 0.730. The zero-order valence-corrected chi connectivity index (χ0v) is 11.8. The van der Waals surface area contributed by atoms with Crippen LogP contribution in [0.5, 0.6) is 0 Å². The normalized spacial score (nSPS) is 13.5. The lowest BCUT2D eigenvalue weighted by Crippen LogP contribution is -2.11. The molecule has 2 aromatic carbocycles. The molecule has 0 atom stereocenters. The summed E-state index contributed by atoms with van der Waals surface area (Å²) in [4.78, 5) is 4.49. The van der Waals surface area contributed by atoms with Crippen LogP contribution in [0.2, 0.25) is 0 Å². The molecule has 2 heterocycles. The molecular weight excluding hydrogens is 258 g/mol. The van der Waals surface area contributed by atoms with Crippen molar-refractivity contribution in [2.24, 2.45) is 0 Å². The van der Waals surface area contributed by atoms with Crippen molar-refractivity contribution in [3.8, 4) is 0 Å². The fourth-order valence-corrected chi connectivity index (χ4v) is 2.91. The number of rotatable bonds is 2. The van der Waals surface area contributed by atoms with Crippen LogP contribution in [0.25, 0.3) is 10.8 Å². The molecule has 3 heteroatoms. The predicted octanol–water partition coefficient (Wildman–Crippen LogP) is 4.34. The Morgan fingerprint density at radius 2 is 2.00 bits per heavy atom. The van der Waals surface area contributed by atoms with Gasteiger partial charge in [0.25, 0.3) is 0 Å². The third-order valence-corrected chi connectivity index (χ3v) is 3.98. The minimum Gasteiger partial charge on any atom is -0.385 e. The van der Waals surface area contributed by atoms with E-state index in [1.54, 1.807) is 0 Å². The maximum Gasteiger partial charge on any atom is 0.138 e. The molecule has 0 aliphatic carbocycles. The molecule has 104 valence electrons. The third-order valence-electron chi connectivity index (χ3n) is 3.98. The zero-order chi connectivity index (χ0) is 14.1. The highest BCUT2D eigenvalue weighted by atomic mass is 15.0. The Labute approximate surface area is 124 Å². The maximum atomic E-state index is 4.49. The first-order chi connectivity index (χ1) is 10.4. The molecule has 1 aliphatic rings. The monoisotopic (exact) mass is 275 g/mol. The van der Waals surface area contributed by atoms with Crippen LogP contribution >= 0.6 is 0 Å².